The first kappa shape index (κ1) is 19.7. The number of nitrogens with zero attached hydrogens (tertiary/aromatic N) is 1. The summed E-state index contributed by atoms with van der Waals surface area (Å²) in [4.78, 5) is 25.7. The number of hydrogen-bond donors (Lipinski definition) is 2. The molecule has 2 rings (SSSR count). The van der Waals surface area contributed by atoms with Gasteiger partial charge in [0.2, 0.25) is 11.8 Å². The molecule has 0 saturated heterocycles. The van der Waals surface area contributed by atoms with Crippen LogP contribution in [0.25, 0.3) is 0 Å². The summed E-state index contributed by atoms with van der Waals surface area (Å²) in [5, 5.41) is 3.27. The standard InChI is InChI=1S/C21H27N3O2/c1-16(18-9-5-3-6-10-18)23-15-21(26)24(14-13-20(22)25)17(2)19-11-7-4-8-12-19/h3-12,16-17,23H,13-15H2,1-2H3,(H2,22,25)/t16-,17-/m0/s1. The third-order valence-electron chi connectivity index (χ3n) is 4.53. The Morgan fingerprint density at radius 1 is 0.962 bits per heavy atom. The van der Waals surface area contributed by atoms with Crippen molar-refractivity contribution in [3.63, 3.8) is 0 Å². The Kier molecular flexibility index (Phi) is 7.36. The number of amides is 2. The number of hydrogen-bond acceptors (Lipinski definition) is 3. The highest BCUT2D eigenvalue weighted by molar-refractivity contribution is 5.80. The van der Waals surface area contributed by atoms with E-state index in [9.17, 15) is 9.59 Å². The van der Waals surface area contributed by atoms with Crippen LogP contribution in [-0.2, 0) is 9.59 Å². The fraction of sp³-hybridized carbons (Fsp3) is 0.333. The SMILES string of the molecule is C[C@H](NCC(=O)N(CCC(N)=O)[C@@H](C)c1ccccc1)c1ccccc1. The van der Waals surface area contributed by atoms with Crippen molar-refractivity contribution < 1.29 is 9.59 Å². The van der Waals surface area contributed by atoms with Gasteiger partial charge in [-0.2, -0.15) is 0 Å². The van der Waals surface area contributed by atoms with Crippen LogP contribution >= 0.6 is 0 Å². The van der Waals surface area contributed by atoms with E-state index in [4.69, 9.17) is 5.73 Å². The van der Waals surface area contributed by atoms with Crippen LogP contribution in [0.3, 0.4) is 0 Å². The minimum absolute atomic E-state index is 0.0506. The van der Waals surface area contributed by atoms with E-state index in [0.29, 0.717) is 6.54 Å². The lowest BCUT2D eigenvalue weighted by Crippen LogP contribution is -2.41. The molecular weight excluding hydrogens is 326 g/mol. The van der Waals surface area contributed by atoms with Gasteiger partial charge in [0.1, 0.15) is 0 Å². The molecule has 3 N–H and O–H groups in total. The molecular formula is C21H27N3O2. The van der Waals surface area contributed by atoms with Gasteiger partial charge in [-0.3, -0.25) is 9.59 Å². The van der Waals surface area contributed by atoms with Crippen LogP contribution in [0.15, 0.2) is 60.7 Å². The van der Waals surface area contributed by atoms with Crippen molar-refractivity contribution in [1.29, 1.82) is 0 Å². The lowest BCUT2D eigenvalue weighted by atomic mass is 10.1. The third-order valence-corrected chi connectivity index (χ3v) is 4.53. The third kappa shape index (κ3) is 5.70. The van der Waals surface area contributed by atoms with Crippen LogP contribution in [0.2, 0.25) is 0 Å². The molecule has 0 aliphatic heterocycles. The lowest BCUT2D eigenvalue weighted by Gasteiger charge is -2.30. The minimum atomic E-state index is -0.409. The number of carbonyl (C=O) groups is 2. The highest BCUT2D eigenvalue weighted by Crippen LogP contribution is 2.20. The number of benzene rings is 2. The summed E-state index contributed by atoms with van der Waals surface area (Å²) < 4.78 is 0. The topological polar surface area (TPSA) is 75.4 Å². The second kappa shape index (κ2) is 9.73. The molecule has 2 amide bonds. The van der Waals surface area contributed by atoms with Crippen LogP contribution in [0, 0.1) is 0 Å². The maximum Gasteiger partial charge on any atom is 0.237 e. The van der Waals surface area contributed by atoms with Crippen LogP contribution in [0.4, 0.5) is 0 Å². The van der Waals surface area contributed by atoms with E-state index >= 15 is 0 Å². The monoisotopic (exact) mass is 353 g/mol. The Labute approximate surface area is 155 Å². The van der Waals surface area contributed by atoms with Gasteiger partial charge in [0.05, 0.1) is 12.6 Å². The number of nitrogens with two attached hydrogens (primary N) is 1. The molecule has 0 spiro atoms. The van der Waals surface area contributed by atoms with Crippen LogP contribution in [0.1, 0.15) is 43.5 Å². The van der Waals surface area contributed by atoms with Crippen LogP contribution in [0.5, 0.6) is 0 Å². The highest BCUT2D eigenvalue weighted by atomic mass is 16.2. The molecule has 2 aromatic carbocycles. The van der Waals surface area contributed by atoms with Crippen molar-refractivity contribution in [3.8, 4) is 0 Å². The largest absolute Gasteiger partial charge is 0.370 e. The molecule has 2 atom stereocenters. The van der Waals surface area contributed by atoms with Gasteiger partial charge in [0.15, 0.2) is 0 Å². The zero-order valence-electron chi connectivity index (χ0n) is 15.4. The van der Waals surface area contributed by atoms with Gasteiger partial charge in [0.25, 0.3) is 0 Å². The number of nitrogens with one attached hydrogen (secondary N) is 1. The summed E-state index contributed by atoms with van der Waals surface area (Å²) in [5.41, 5.74) is 7.44. The summed E-state index contributed by atoms with van der Waals surface area (Å²) in [6.07, 6.45) is 0.150. The molecule has 0 saturated carbocycles. The summed E-state index contributed by atoms with van der Waals surface area (Å²) in [6.45, 7) is 4.50. The van der Waals surface area contributed by atoms with Gasteiger partial charge in [-0.25, -0.2) is 0 Å². The summed E-state index contributed by atoms with van der Waals surface area (Å²) in [6, 6.07) is 19.7. The smallest absolute Gasteiger partial charge is 0.237 e. The van der Waals surface area contributed by atoms with E-state index in [2.05, 4.69) is 5.32 Å². The average molecular weight is 353 g/mol. The van der Waals surface area contributed by atoms with Gasteiger partial charge in [-0.05, 0) is 25.0 Å². The van der Waals surface area contributed by atoms with E-state index in [-0.39, 0.29) is 31.0 Å². The first-order chi connectivity index (χ1) is 12.5. The van der Waals surface area contributed by atoms with Crippen LogP contribution in [-0.4, -0.2) is 29.8 Å². The normalized spacial score (nSPS) is 13.0. The average Bonchev–Trinajstić information content (AvgIpc) is 2.67. The molecule has 0 bridgehead atoms. The fourth-order valence-electron chi connectivity index (χ4n) is 2.88. The van der Waals surface area contributed by atoms with E-state index in [0.717, 1.165) is 11.1 Å². The van der Waals surface area contributed by atoms with Gasteiger partial charge < -0.3 is 16.0 Å². The van der Waals surface area contributed by atoms with Gasteiger partial charge >= 0.3 is 0 Å². The van der Waals surface area contributed by atoms with Gasteiger partial charge in [0, 0.05) is 19.0 Å². The Bertz CT molecular complexity index is 704. The number of primary amides is 1. The molecule has 0 aliphatic rings. The lowest BCUT2D eigenvalue weighted by molar-refractivity contribution is -0.133. The molecule has 5 heteroatoms. The molecule has 2 aromatic rings. The van der Waals surface area contributed by atoms with Crippen molar-refractivity contribution in [2.45, 2.75) is 32.4 Å². The predicted molar refractivity (Wildman–Crippen MR) is 103 cm³/mol. The quantitative estimate of drug-likeness (QED) is 0.728. The van der Waals surface area contributed by atoms with Crippen molar-refractivity contribution in [1.82, 2.24) is 10.2 Å². The Morgan fingerprint density at radius 3 is 2.04 bits per heavy atom. The zero-order valence-corrected chi connectivity index (χ0v) is 15.4. The second-order valence-corrected chi connectivity index (χ2v) is 6.40. The van der Waals surface area contributed by atoms with Crippen molar-refractivity contribution >= 4 is 11.8 Å². The molecule has 0 radical (unpaired) electrons. The number of rotatable bonds is 9. The highest BCUT2D eigenvalue weighted by Gasteiger charge is 2.22. The van der Waals surface area contributed by atoms with Crippen molar-refractivity contribution in [3.05, 3.63) is 71.8 Å². The Morgan fingerprint density at radius 2 is 1.50 bits per heavy atom. The molecule has 5 nitrogen and oxygen atoms in total. The molecule has 0 heterocycles. The maximum atomic E-state index is 12.8. The summed E-state index contributed by atoms with van der Waals surface area (Å²) in [5.74, 6) is -0.459. The summed E-state index contributed by atoms with van der Waals surface area (Å²) >= 11 is 0. The predicted octanol–water partition coefficient (Wildman–Crippen LogP) is 2.80. The molecule has 0 aliphatic carbocycles. The molecule has 0 fully saturated rings. The molecule has 0 aromatic heterocycles. The molecule has 138 valence electrons. The molecule has 0 unspecified atom stereocenters. The van der Waals surface area contributed by atoms with E-state index in [1.165, 1.54) is 0 Å². The van der Waals surface area contributed by atoms with E-state index < -0.39 is 5.91 Å². The fourth-order valence-corrected chi connectivity index (χ4v) is 2.88. The number of carbonyl (C=O) groups excluding carboxylic acids is 2. The van der Waals surface area contributed by atoms with Gasteiger partial charge in [-0.15, -0.1) is 0 Å². The minimum Gasteiger partial charge on any atom is -0.370 e. The first-order valence-electron chi connectivity index (χ1n) is 8.90. The Balaban J connectivity index is 2.04. The zero-order chi connectivity index (χ0) is 18.9. The summed E-state index contributed by atoms with van der Waals surface area (Å²) in [7, 11) is 0. The first-order valence-corrected chi connectivity index (χ1v) is 8.90. The van der Waals surface area contributed by atoms with Gasteiger partial charge in [-0.1, -0.05) is 60.7 Å². The Hall–Kier alpha value is -2.66. The van der Waals surface area contributed by atoms with Crippen LogP contribution < -0.4 is 11.1 Å². The second-order valence-electron chi connectivity index (χ2n) is 6.40. The van der Waals surface area contributed by atoms with Crippen molar-refractivity contribution in [2.75, 3.05) is 13.1 Å². The maximum absolute atomic E-state index is 12.8. The molecule has 26 heavy (non-hydrogen) atoms. The van der Waals surface area contributed by atoms with E-state index in [1.807, 2.05) is 74.5 Å². The van der Waals surface area contributed by atoms with Crippen molar-refractivity contribution in [2.24, 2.45) is 5.73 Å². The van der Waals surface area contributed by atoms with E-state index in [1.54, 1.807) is 4.90 Å².